The molecule has 5 nitrogen and oxygen atoms in total. The van der Waals surface area contributed by atoms with Crippen molar-refractivity contribution in [2.75, 3.05) is 6.54 Å². The van der Waals surface area contributed by atoms with E-state index in [1.807, 2.05) is 25.1 Å². The van der Waals surface area contributed by atoms with Gasteiger partial charge in [0.2, 0.25) is 5.91 Å². The number of carbonyl (C=O) groups is 2. The van der Waals surface area contributed by atoms with Crippen LogP contribution in [0.4, 0.5) is 0 Å². The Hall–Kier alpha value is -2.30. The Kier molecular flexibility index (Phi) is 3.88. The fourth-order valence-electron chi connectivity index (χ4n) is 3.16. The number of nitrogens with zero attached hydrogens (tertiary/aromatic N) is 1. The molecule has 2 aromatic rings. The van der Waals surface area contributed by atoms with Gasteiger partial charge in [0, 0.05) is 11.4 Å². The third-order valence-corrected chi connectivity index (χ3v) is 4.24. The summed E-state index contributed by atoms with van der Waals surface area (Å²) < 4.78 is 5.66. The Morgan fingerprint density at radius 1 is 1.27 bits per heavy atom. The van der Waals surface area contributed by atoms with Crippen molar-refractivity contribution in [3.8, 4) is 0 Å². The smallest absolute Gasteiger partial charge is 0.290 e. The lowest BCUT2D eigenvalue weighted by Gasteiger charge is -2.26. The quantitative estimate of drug-likeness (QED) is 0.943. The molecule has 0 aliphatic heterocycles. The molecule has 116 valence electrons. The fourth-order valence-corrected chi connectivity index (χ4v) is 3.16. The number of hydrogen-bond acceptors (Lipinski definition) is 3. The second kappa shape index (κ2) is 5.83. The Morgan fingerprint density at radius 2 is 2.00 bits per heavy atom. The predicted octanol–water partition coefficient (Wildman–Crippen LogP) is 2.61. The molecule has 1 aliphatic carbocycles. The van der Waals surface area contributed by atoms with Crippen LogP contribution in [0.5, 0.6) is 0 Å². The average Bonchev–Trinajstić information content (AvgIpc) is 3.12. The molecule has 22 heavy (non-hydrogen) atoms. The van der Waals surface area contributed by atoms with E-state index in [1.54, 1.807) is 11.0 Å². The highest BCUT2D eigenvalue weighted by Crippen LogP contribution is 2.27. The maximum Gasteiger partial charge on any atom is 0.290 e. The maximum absolute atomic E-state index is 12.7. The molecule has 1 saturated carbocycles. The molecule has 0 bridgehead atoms. The Morgan fingerprint density at radius 3 is 2.68 bits per heavy atom. The van der Waals surface area contributed by atoms with Crippen molar-refractivity contribution < 1.29 is 14.0 Å². The molecule has 5 heteroatoms. The molecule has 1 aliphatic rings. The Balaban J connectivity index is 1.91. The molecule has 1 fully saturated rings. The van der Waals surface area contributed by atoms with Crippen LogP contribution in [0.2, 0.25) is 0 Å². The lowest BCUT2D eigenvalue weighted by molar-refractivity contribution is -0.119. The van der Waals surface area contributed by atoms with Crippen LogP contribution in [-0.2, 0) is 4.79 Å². The van der Waals surface area contributed by atoms with Crippen LogP contribution < -0.4 is 5.73 Å². The van der Waals surface area contributed by atoms with Crippen LogP contribution in [0.15, 0.2) is 28.7 Å². The van der Waals surface area contributed by atoms with Gasteiger partial charge in [-0.05, 0) is 38.0 Å². The number of hydrogen-bond donors (Lipinski definition) is 1. The number of primary amides is 1. The summed E-state index contributed by atoms with van der Waals surface area (Å²) >= 11 is 0. The van der Waals surface area contributed by atoms with E-state index >= 15 is 0 Å². The molecule has 3 rings (SSSR count). The van der Waals surface area contributed by atoms with Crippen LogP contribution in [0, 0.1) is 6.92 Å². The fraction of sp³-hybridized carbons (Fsp3) is 0.412. The van der Waals surface area contributed by atoms with Crippen molar-refractivity contribution in [2.24, 2.45) is 5.73 Å². The molecule has 0 radical (unpaired) electrons. The van der Waals surface area contributed by atoms with Crippen molar-refractivity contribution in [1.82, 2.24) is 4.90 Å². The van der Waals surface area contributed by atoms with Gasteiger partial charge in [0.05, 0.1) is 0 Å². The van der Waals surface area contributed by atoms with Gasteiger partial charge >= 0.3 is 0 Å². The summed E-state index contributed by atoms with van der Waals surface area (Å²) in [5, 5.41) is 0.897. The van der Waals surface area contributed by atoms with Crippen LogP contribution in [-0.4, -0.2) is 29.3 Å². The number of carbonyl (C=O) groups excluding carboxylic acids is 2. The number of benzene rings is 1. The van der Waals surface area contributed by atoms with Gasteiger partial charge in [0.25, 0.3) is 5.91 Å². The summed E-state index contributed by atoms with van der Waals surface area (Å²) in [4.78, 5) is 25.6. The maximum atomic E-state index is 12.7. The van der Waals surface area contributed by atoms with E-state index in [0.29, 0.717) is 5.58 Å². The first kappa shape index (κ1) is 14.6. The van der Waals surface area contributed by atoms with Crippen molar-refractivity contribution >= 4 is 22.8 Å². The summed E-state index contributed by atoms with van der Waals surface area (Å²) in [5.74, 6) is -0.472. The minimum Gasteiger partial charge on any atom is -0.451 e. The number of amides is 2. The van der Waals surface area contributed by atoms with Gasteiger partial charge in [-0.2, -0.15) is 0 Å². The second-order valence-corrected chi connectivity index (χ2v) is 5.99. The first-order valence-electron chi connectivity index (χ1n) is 7.64. The van der Waals surface area contributed by atoms with Gasteiger partial charge in [0.1, 0.15) is 12.1 Å². The van der Waals surface area contributed by atoms with Crippen molar-refractivity contribution in [3.05, 3.63) is 35.6 Å². The van der Waals surface area contributed by atoms with E-state index in [4.69, 9.17) is 10.2 Å². The first-order valence-corrected chi connectivity index (χ1v) is 7.64. The van der Waals surface area contributed by atoms with Gasteiger partial charge in [0.15, 0.2) is 5.76 Å². The lowest BCUT2D eigenvalue weighted by Crippen LogP contribution is -2.44. The molecule has 0 unspecified atom stereocenters. The Labute approximate surface area is 129 Å². The highest BCUT2D eigenvalue weighted by molar-refractivity contribution is 5.98. The minimum absolute atomic E-state index is 0.0560. The van der Waals surface area contributed by atoms with E-state index < -0.39 is 5.91 Å². The van der Waals surface area contributed by atoms with Gasteiger partial charge in [-0.25, -0.2) is 0 Å². The highest BCUT2D eigenvalue weighted by Gasteiger charge is 2.30. The summed E-state index contributed by atoms with van der Waals surface area (Å²) in [5.41, 5.74) is 7.10. The zero-order valence-corrected chi connectivity index (χ0v) is 12.7. The minimum atomic E-state index is -0.493. The third kappa shape index (κ3) is 2.84. The van der Waals surface area contributed by atoms with Crippen LogP contribution in [0.3, 0.4) is 0 Å². The van der Waals surface area contributed by atoms with E-state index in [2.05, 4.69) is 0 Å². The van der Waals surface area contributed by atoms with E-state index in [0.717, 1.165) is 36.6 Å². The molecule has 2 amide bonds. The van der Waals surface area contributed by atoms with Crippen molar-refractivity contribution in [2.45, 2.75) is 38.6 Å². The van der Waals surface area contributed by atoms with Gasteiger partial charge < -0.3 is 15.1 Å². The van der Waals surface area contributed by atoms with Gasteiger partial charge in [-0.1, -0.05) is 24.5 Å². The molecule has 0 saturated heterocycles. The number of nitrogens with two attached hydrogens (primary N) is 1. The third-order valence-electron chi connectivity index (χ3n) is 4.24. The van der Waals surface area contributed by atoms with E-state index in [1.165, 1.54) is 0 Å². The SMILES string of the molecule is Cc1ccc2oc(C(=O)N(CC(N)=O)C3CCCC3)cc2c1. The van der Waals surface area contributed by atoms with Crippen molar-refractivity contribution in [3.63, 3.8) is 0 Å². The molecule has 2 N–H and O–H groups in total. The Bertz CT molecular complexity index is 714. The molecular formula is C17H20N2O3. The predicted molar refractivity (Wildman–Crippen MR) is 83.4 cm³/mol. The summed E-state index contributed by atoms with van der Waals surface area (Å²) in [6.45, 7) is 1.94. The average molecular weight is 300 g/mol. The normalized spacial score (nSPS) is 15.3. The zero-order valence-electron chi connectivity index (χ0n) is 12.7. The summed E-state index contributed by atoms with van der Waals surface area (Å²) in [7, 11) is 0. The first-order chi connectivity index (χ1) is 10.5. The lowest BCUT2D eigenvalue weighted by atomic mass is 10.1. The zero-order chi connectivity index (χ0) is 15.7. The monoisotopic (exact) mass is 300 g/mol. The van der Waals surface area contributed by atoms with Gasteiger partial charge in [-0.15, -0.1) is 0 Å². The van der Waals surface area contributed by atoms with Gasteiger partial charge in [-0.3, -0.25) is 9.59 Å². The van der Waals surface area contributed by atoms with Crippen LogP contribution >= 0.6 is 0 Å². The number of furan rings is 1. The highest BCUT2D eigenvalue weighted by atomic mass is 16.3. The number of aryl methyl sites for hydroxylation is 1. The van der Waals surface area contributed by atoms with Crippen LogP contribution in [0.25, 0.3) is 11.0 Å². The second-order valence-electron chi connectivity index (χ2n) is 5.99. The molecule has 1 aromatic heterocycles. The van der Waals surface area contributed by atoms with E-state index in [9.17, 15) is 9.59 Å². The molecule has 0 spiro atoms. The van der Waals surface area contributed by atoms with Crippen LogP contribution in [0.1, 0.15) is 41.8 Å². The van der Waals surface area contributed by atoms with E-state index in [-0.39, 0.29) is 24.3 Å². The largest absolute Gasteiger partial charge is 0.451 e. The summed E-state index contributed by atoms with van der Waals surface area (Å²) in [6.07, 6.45) is 3.98. The molecular weight excluding hydrogens is 280 g/mol. The topological polar surface area (TPSA) is 76.5 Å². The van der Waals surface area contributed by atoms with Crippen molar-refractivity contribution in [1.29, 1.82) is 0 Å². The summed E-state index contributed by atoms with van der Waals surface area (Å²) in [6, 6.07) is 7.60. The molecule has 1 heterocycles. The standard InChI is InChI=1S/C17H20N2O3/c1-11-6-7-14-12(8-11)9-15(22-14)17(21)19(10-16(18)20)13-4-2-3-5-13/h6-9,13H,2-5,10H2,1H3,(H2,18,20). The number of fused-ring (bicyclic) bond motifs is 1. The molecule has 0 atom stereocenters. The number of rotatable bonds is 4. The molecule has 1 aromatic carbocycles.